The fraction of sp³-hybridized carbons (Fsp3) is 0.111. The first-order valence-electron chi connectivity index (χ1n) is 7.26. The first-order chi connectivity index (χ1) is 11.9. The summed E-state index contributed by atoms with van der Waals surface area (Å²) in [5, 5.41) is 3.11. The van der Waals surface area contributed by atoms with Crippen LogP contribution in [0.4, 0.5) is 10.1 Å². The maximum Gasteiger partial charge on any atom is 0.331 e. The lowest BCUT2D eigenvalue weighted by Crippen LogP contribution is -2.29. The van der Waals surface area contributed by atoms with Crippen LogP contribution in [0.25, 0.3) is 6.08 Å². The standard InChI is InChI=1S/C18H14Cl2FNO3/c1-11(18(24)22-16-5-3-2-4-15(16)21)25-17(23)9-7-12-6-8-13(19)14(20)10-12/h2-11H,1H3,(H,22,24)/b9-7+/t11-/m1/s1. The lowest BCUT2D eigenvalue weighted by Gasteiger charge is -2.12. The van der Waals surface area contributed by atoms with Crippen LogP contribution in [-0.2, 0) is 14.3 Å². The molecule has 0 bridgehead atoms. The Morgan fingerprint density at radius 2 is 1.88 bits per heavy atom. The topological polar surface area (TPSA) is 55.4 Å². The Labute approximate surface area is 154 Å². The van der Waals surface area contributed by atoms with E-state index in [1.165, 1.54) is 31.2 Å². The molecular formula is C18H14Cl2FNO3. The first kappa shape index (κ1) is 19.0. The lowest BCUT2D eigenvalue weighted by atomic mass is 10.2. The number of carbonyl (C=O) groups is 2. The van der Waals surface area contributed by atoms with Crippen molar-refractivity contribution in [1.29, 1.82) is 0 Å². The highest BCUT2D eigenvalue weighted by molar-refractivity contribution is 6.42. The van der Waals surface area contributed by atoms with Gasteiger partial charge in [-0.25, -0.2) is 9.18 Å². The van der Waals surface area contributed by atoms with Crippen molar-refractivity contribution in [1.82, 2.24) is 0 Å². The van der Waals surface area contributed by atoms with Gasteiger partial charge in [0.05, 0.1) is 15.7 Å². The van der Waals surface area contributed by atoms with Crippen LogP contribution in [0.15, 0.2) is 48.5 Å². The van der Waals surface area contributed by atoms with Gasteiger partial charge >= 0.3 is 5.97 Å². The fourth-order valence-corrected chi connectivity index (χ4v) is 2.15. The van der Waals surface area contributed by atoms with Gasteiger partial charge in [0.15, 0.2) is 6.10 Å². The molecule has 2 aromatic rings. The van der Waals surface area contributed by atoms with Gasteiger partial charge < -0.3 is 10.1 Å². The van der Waals surface area contributed by atoms with Gasteiger partial charge in [0.25, 0.3) is 5.91 Å². The molecule has 1 N–H and O–H groups in total. The minimum absolute atomic E-state index is 0.0155. The van der Waals surface area contributed by atoms with Crippen LogP contribution in [-0.4, -0.2) is 18.0 Å². The van der Waals surface area contributed by atoms with Gasteiger partial charge in [-0.15, -0.1) is 0 Å². The molecule has 0 aromatic heterocycles. The van der Waals surface area contributed by atoms with Gasteiger partial charge in [-0.05, 0) is 42.8 Å². The number of halogens is 3. The summed E-state index contributed by atoms with van der Waals surface area (Å²) in [6.07, 6.45) is 1.55. The van der Waals surface area contributed by atoms with Gasteiger partial charge in [-0.3, -0.25) is 4.79 Å². The van der Waals surface area contributed by atoms with E-state index in [4.69, 9.17) is 27.9 Å². The predicted octanol–water partition coefficient (Wildman–Crippen LogP) is 4.72. The van der Waals surface area contributed by atoms with Crippen molar-refractivity contribution in [3.8, 4) is 0 Å². The van der Waals surface area contributed by atoms with Gasteiger partial charge in [0.1, 0.15) is 5.82 Å². The van der Waals surface area contributed by atoms with Crippen molar-refractivity contribution in [2.75, 3.05) is 5.32 Å². The molecule has 0 aliphatic carbocycles. The van der Waals surface area contributed by atoms with Crippen molar-refractivity contribution in [3.05, 3.63) is 70.0 Å². The summed E-state index contributed by atoms with van der Waals surface area (Å²) in [5.74, 6) is -1.93. The van der Waals surface area contributed by atoms with E-state index in [9.17, 15) is 14.0 Å². The van der Waals surface area contributed by atoms with Crippen molar-refractivity contribution in [2.24, 2.45) is 0 Å². The molecule has 0 fully saturated rings. The number of amides is 1. The number of anilines is 1. The third-order valence-corrected chi connectivity index (χ3v) is 3.89. The zero-order valence-corrected chi connectivity index (χ0v) is 14.6. The lowest BCUT2D eigenvalue weighted by molar-refractivity contribution is -0.148. The molecule has 7 heteroatoms. The number of para-hydroxylation sites is 1. The average Bonchev–Trinajstić information content (AvgIpc) is 2.58. The van der Waals surface area contributed by atoms with Crippen molar-refractivity contribution in [2.45, 2.75) is 13.0 Å². The Hall–Kier alpha value is -2.37. The summed E-state index contributed by atoms with van der Waals surface area (Å²) >= 11 is 11.7. The smallest absolute Gasteiger partial charge is 0.331 e. The number of hydrogen-bond donors (Lipinski definition) is 1. The number of esters is 1. The highest BCUT2D eigenvalue weighted by Gasteiger charge is 2.17. The van der Waals surface area contributed by atoms with E-state index in [1.807, 2.05) is 0 Å². The molecule has 0 saturated carbocycles. The Balaban J connectivity index is 1.92. The van der Waals surface area contributed by atoms with Crippen molar-refractivity contribution < 1.29 is 18.7 Å². The van der Waals surface area contributed by atoms with E-state index in [2.05, 4.69) is 5.32 Å². The van der Waals surface area contributed by atoms with E-state index < -0.39 is 23.8 Å². The molecule has 2 aromatic carbocycles. The monoisotopic (exact) mass is 381 g/mol. The van der Waals surface area contributed by atoms with Gasteiger partial charge in [-0.2, -0.15) is 0 Å². The normalized spacial score (nSPS) is 12.0. The molecule has 2 rings (SSSR count). The largest absolute Gasteiger partial charge is 0.449 e. The predicted molar refractivity (Wildman–Crippen MR) is 96.1 cm³/mol. The quantitative estimate of drug-likeness (QED) is 0.602. The third kappa shape index (κ3) is 5.59. The molecule has 0 heterocycles. The van der Waals surface area contributed by atoms with E-state index >= 15 is 0 Å². The van der Waals surface area contributed by atoms with E-state index in [1.54, 1.807) is 24.3 Å². The first-order valence-corrected chi connectivity index (χ1v) is 8.01. The minimum atomic E-state index is -1.09. The molecule has 1 amide bonds. The molecule has 25 heavy (non-hydrogen) atoms. The number of carbonyl (C=O) groups excluding carboxylic acids is 2. The number of benzene rings is 2. The minimum Gasteiger partial charge on any atom is -0.449 e. The molecule has 0 aliphatic rings. The molecule has 1 atom stereocenters. The fourth-order valence-electron chi connectivity index (χ4n) is 1.84. The molecule has 0 spiro atoms. The summed E-state index contributed by atoms with van der Waals surface area (Å²) in [7, 11) is 0. The Kier molecular flexibility index (Phi) is 6.56. The van der Waals surface area contributed by atoms with Gasteiger partial charge in [0.2, 0.25) is 0 Å². The Morgan fingerprint density at radius 3 is 2.56 bits per heavy atom. The van der Waals surface area contributed by atoms with Crippen LogP contribution in [0.3, 0.4) is 0 Å². The maximum absolute atomic E-state index is 13.5. The highest BCUT2D eigenvalue weighted by atomic mass is 35.5. The average molecular weight is 382 g/mol. The van der Waals surface area contributed by atoms with Crippen LogP contribution in [0.2, 0.25) is 10.0 Å². The van der Waals surface area contributed by atoms with Crippen LogP contribution in [0.5, 0.6) is 0 Å². The van der Waals surface area contributed by atoms with Crippen LogP contribution < -0.4 is 5.32 Å². The molecule has 130 valence electrons. The van der Waals surface area contributed by atoms with Gasteiger partial charge in [0, 0.05) is 6.08 Å². The number of ether oxygens (including phenoxy) is 1. The molecular weight excluding hydrogens is 368 g/mol. The zero-order chi connectivity index (χ0) is 18.4. The summed E-state index contributed by atoms with van der Waals surface area (Å²) in [5.41, 5.74) is 0.663. The van der Waals surface area contributed by atoms with Gasteiger partial charge in [-0.1, -0.05) is 41.4 Å². The number of nitrogens with one attached hydrogen (secondary N) is 1. The second-order valence-corrected chi connectivity index (χ2v) is 5.87. The molecule has 0 unspecified atom stereocenters. The Morgan fingerprint density at radius 1 is 1.16 bits per heavy atom. The Bertz CT molecular complexity index is 824. The molecule has 0 aliphatic heterocycles. The van der Waals surface area contributed by atoms with Crippen molar-refractivity contribution >= 4 is 46.8 Å². The summed E-state index contributed by atoms with van der Waals surface area (Å²) in [6.45, 7) is 1.39. The third-order valence-electron chi connectivity index (χ3n) is 3.15. The second-order valence-electron chi connectivity index (χ2n) is 5.06. The van der Waals surface area contributed by atoms with Crippen LogP contribution >= 0.6 is 23.2 Å². The van der Waals surface area contributed by atoms with E-state index in [-0.39, 0.29) is 5.69 Å². The summed E-state index contributed by atoms with van der Waals surface area (Å²) in [6, 6.07) is 10.6. The SMILES string of the molecule is C[C@@H](OC(=O)/C=C/c1ccc(Cl)c(Cl)c1)C(=O)Nc1ccccc1F. The second kappa shape index (κ2) is 8.65. The zero-order valence-electron chi connectivity index (χ0n) is 13.1. The summed E-state index contributed by atoms with van der Waals surface area (Å²) in [4.78, 5) is 23.7. The molecule has 0 radical (unpaired) electrons. The van der Waals surface area contributed by atoms with E-state index in [0.717, 1.165) is 6.08 Å². The molecule has 4 nitrogen and oxygen atoms in total. The van der Waals surface area contributed by atoms with Crippen LogP contribution in [0.1, 0.15) is 12.5 Å². The molecule has 0 saturated heterocycles. The van der Waals surface area contributed by atoms with Crippen molar-refractivity contribution in [3.63, 3.8) is 0 Å². The van der Waals surface area contributed by atoms with E-state index in [0.29, 0.717) is 15.6 Å². The number of rotatable bonds is 5. The highest BCUT2D eigenvalue weighted by Crippen LogP contribution is 2.23. The number of hydrogen-bond acceptors (Lipinski definition) is 3. The summed E-state index contributed by atoms with van der Waals surface area (Å²) < 4.78 is 18.5. The maximum atomic E-state index is 13.5. The van der Waals surface area contributed by atoms with Crippen LogP contribution in [0, 0.1) is 5.82 Å².